The number of morpholine rings is 1. The molecule has 1 atom stereocenters. The number of hydrogen-bond acceptors (Lipinski definition) is 4. The average molecular weight is 333 g/mol. The third kappa shape index (κ3) is 3.73. The highest BCUT2D eigenvalue weighted by Gasteiger charge is 2.42. The molecule has 2 aliphatic rings. The largest absolute Gasteiger partial charge is 0.491 e. The summed E-state index contributed by atoms with van der Waals surface area (Å²) in [4.78, 5) is 14.0. The van der Waals surface area contributed by atoms with Crippen LogP contribution in [0.2, 0.25) is 0 Å². The second-order valence-corrected chi connectivity index (χ2v) is 7.19. The Hall–Kier alpha value is -1.59. The van der Waals surface area contributed by atoms with E-state index in [1.165, 1.54) is 12.8 Å². The third-order valence-electron chi connectivity index (χ3n) is 4.96. The van der Waals surface area contributed by atoms with E-state index in [9.17, 15) is 9.90 Å². The van der Waals surface area contributed by atoms with Crippen LogP contribution in [0.25, 0.3) is 0 Å². The predicted molar refractivity (Wildman–Crippen MR) is 91.3 cm³/mol. The molecule has 1 saturated heterocycles. The van der Waals surface area contributed by atoms with E-state index in [1.54, 1.807) is 0 Å². The van der Waals surface area contributed by atoms with Crippen molar-refractivity contribution in [3.05, 3.63) is 29.8 Å². The van der Waals surface area contributed by atoms with Crippen molar-refractivity contribution in [3.63, 3.8) is 0 Å². The number of carboxylic acid groups (broad SMARTS) is 1. The van der Waals surface area contributed by atoms with Gasteiger partial charge in [0.25, 0.3) is 0 Å². The third-order valence-corrected chi connectivity index (χ3v) is 4.96. The highest BCUT2D eigenvalue weighted by molar-refractivity contribution is 5.75. The Morgan fingerprint density at radius 1 is 1.25 bits per heavy atom. The van der Waals surface area contributed by atoms with Gasteiger partial charge in [0.15, 0.2) is 0 Å². The van der Waals surface area contributed by atoms with E-state index in [-0.39, 0.29) is 11.7 Å². The van der Waals surface area contributed by atoms with Crippen LogP contribution in [-0.4, -0.2) is 47.4 Å². The summed E-state index contributed by atoms with van der Waals surface area (Å²) < 4.78 is 11.7. The molecule has 1 aliphatic carbocycles. The Kier molecular flexibility index (Phi) is 5.11. The maximum atomic E-state index is 12.0. The van der Waals surface area contributed by atoms with Gasteiger partial charge in [-0.1, -0.05) is 25.0 Å². The Balaban J connectivity index is 1.78. The molecular formula is C19H27NO4. The van der Waals surface area contributed by atoms with E-state index in [0.29, 0.717) is 19.7 Å². The van der Waals surface area contributed by atoms with Crippen LogP contribution in [0.4, 0.5) is 0 Å². The van der Waals surface area contributed by atoms with Gasteiger partial charge in [0.05, 0.1) is 18.3 Å². The maximum Gasteiger partial charge on any atom is 0.325 e. The normalized spacial score (nSPS) is 22.0. The van der Waals surface area contributed by atoms with Crippen LogP contribution in [-0.2, 0) is 9.53 Å². The van der Waals surface area contributed by atoms with E-state index < -0.39 is 12.0 Å². The lowest BCUT2D eigenvalue weighted by molar-refractivity contribution is -0.153. The van der Waals surface area contributed by atoms with Crippen molar-refractivity contribution >= 4 is 5.97 Å². The number of benzene rings is 1. The van der Waals surface area contributed by atoms with E-state index in [1.807, 2.05) is 38.1 Å². The van der Waals surface area contributed by atoms with Crippen LogP contribution in [0.3, 0.4) is 0 Å². The zero-order chi connectivity index (χ0) is 17.2. The molecule has 132 valence electrons. The second-order valence-electron chi connectivity index (χ2n) is 7.19. The van der Waals surface area contributed by atoms with E-state index >= 15 is 0 Å². The van der Waals surface area contributed by atoms with Gasteiger partial charge in [0.1, 0.15) is 11.8 Å². The summed E-state index contributed by atoms with van der Waals surface area (Å²) in [5.41, 5.74) is 0.667. The molecule has 5 nitrogen and oxygen atoms in total. The summed E-state index contributed by atoms with van der Waals surface area (Å²) in [5, 5.41) is 9.81. The molecule has 1 aromatic rings. The fraction of sp³-hybridized carbons (Fsp3) is 0.632. The van der Waals surface area contributed by atoms with Gasteiger partial charge in [-0.05, 0) is 44.4 Å². The van der Waals surface area contributed by atoms with Gasteiger partial charge in [0, 0.05) is 13.1 Å². The van der Waals surface area contributed by atoms with Crippen LogP contribution < -0.4 is 4.74 Å². The number of carboxylic acids is 1. The number of carbonyl (C=O) groups is 1. The van der Waals surface area contributed by atoms with Gasteiger partial charge in [-0.25, -0.2) is 0 Å². The molecule has 0 bridgehead atoms. The predicted octanol–water partition coefficient (Wildman–Crippen LogP) is 3.24. The fourth-order valence-electron chi connectivity index (χ4n) is 3.93. The summed E-state index contributed by atoms with van der Waals surface area (Å²) in [7, 11) is 0. The van der Waals surface area contributed by atoms with Crippen molar-refractivity contribution in [2.75, 3.05) is 19.7 Å². The smallest absolute Gasteiger partial charge is 0.325 e. The first kappa shape index (κ1) is 17.2. The maximum absolute atomic E-state index is 12.0. The highest BCUT2D eigenvalue weighted by Crippen LogP contribution is 2.38. The standard InChI is InChI=1S/C19H27NO4/c1-14(2)24-16-7-5-15(6-8-16)17(18(21)22)20-11-12-23-19(13-20)9-3-4-10-19/h5-8,14,17H,3-4,9-13H2,1-2H3,(H,21,22). The summed E-state index contributed by atoms with van der Waals surface area (Å²) >= 11 is 0. The van der Waals surface area contributed by atoms with Crippen molar-refractivity contribution < 1.29 is 19.4 Å². The van der Waals surface area contributed by atoms with Crippen molar-refractivity contribution in [2.24, 2.45) is 0 Å². The molecule has 1 spiro atoms. The average Bonchev–Trinajstić information content (AvgIpc) is 2.96. The Labute approximate surface area is 143 Å². The minimum Gasteiger partial charge on any atom is -0.491 e. The van der Waals surface area contributed by atoms with Gasteiger partial charge in [-0.15, -0.1) is 0 Å². The number of nitrogens with zero attached hydrogens (tertiary/aromatic N) is 1. The van der Waals surface area contributed by atoms with Crippen molar-refractivity contribution in [1.29, 1.82) is 0 Å². The molecule has 2 fully saturated rings. The Morgan fingerprint density at radius 3 is 2.50 bits per heavy atom. The van der Waals surface area contributed by atoms with Gasteiger partial charge in [-0.3, -0.25) is 9.69 Å². The van der Waals surface area contributed by atoms with Crippen molar-refractivity contribution in [3.8, 4) is 5.75 Å². The molecule has 1 aromatic carbocycles. The molecule has 1 heterocycles. The molecule has 0 radical (unpaired) electrons. The first-order chi connectivity index (χ1) is 11.5. The molecule has 1 saturated carbocycles. The van der Waals surface area contributed by atoms with E-state index in [0.717, 1.165) is 24.2 Å². The number of ether oxygens (including phenoxy) is 2. The number of rotatable bonds is 5. The van der Waals surface area contributed by atoms with E-state index in [2.05, 4.69) is 4.90 Å². The minimum absolute atomic E-state index is 0.104. The molecule has 5 heteroatoms. The van der Waals surface area contributed by atoms with Crippen molar-refractivity contribution in [1.82, 2.24) is 4.90 Å². The molecule has 24 heavy (non-hydrogen) atoms. The van der Waals surface area contributed by atoms with Crippen molar-refractivity contribution in [2.45, 2.75) is 57.3 Å². The zero-order valence-corrected chi connectivity index (χ0v) is 14.5. The molecule has 1 aliphatic heterocycles. The lowest BCUT2D eigenvalue weighted by Crippen LogP contribution is -2.52. The molecule has 0 amide bonds. The van der Waals surface area contributed by atoms with Gasteiger partial charge < -0.3 is 14.6 Å². The highest BCUT2D eigenvalue weighted by atomic mass is 16.5. The topological polar surface area (TPSA) is 59.0 Å². The molecular weight excluding hydrogens is 306 g/mol. The summed E-state index contributed by atoms with van der Waals surface area (Å²) in [6, 6.07) is 6.83. The Morgan fingerprint density at radius 2 is 1.92 bits per heavy atom. The first-order valence-corrected chi connectivity index (χ1v) is 8.87. The quantitative estimate of drug-likeness (QED) is 0.896. The first-order valence-electron chi connectivity index (χ1n) is 8.87. The SMILES string of the molecule is CC(C)Oc1ccc(C(C(=O)O)N2CCOC3(CCCC3)C2)cc1. The van der Waals surface area contributed by atoms with Crippen LogP contribution in [0.15, 0.2) is 24.3 Å². The molecule has 1 N–H and O–H groups in total. The molecule has 0 aromatic heterocycles. The summed E-state index contributed by atoms with van der Waals surface area (Å²) in [6.45, 7) is 5.92. The number of hydrogen-bond donors (Lipinski definition) is 1. The fourth-order valence-corrected chi connectivity index (χ4v) is 3.93. The lowest BCUT2D eigenvalue weighted by Gasteiger charge is -2.42. The van der Waals surface area contributed by atoms with Gasteiger partial charge in [0.2, 0.25) is 0 Å². The van der Waals surface area contributed by atoms with E-state index in [4.69, 9.17) is 9.47 Å². The molecule has 3 rings (SSSR count). The summed E-state index contributed by atoms with van der Waals surface area (Å²) in [5.74, 6) is -0.0327. The monoisotopic (exact) mass is 333 g/mol. The zero-order valence-electron chi connectivity index (χ0n) is 14.5. The van der Waals surface area contributed by atoms with Crippen LogP contribution in [0.5, 0.6) is 5.75 Å². The van der Waals surface area contributed by atoms with Crippen LogP contribution >= 0.6 is 0 Å². The van der Waals surface area contributed by atoms with Crippen LogP contribution in [0, 0.1) is 0 Å². The second kappa shape index (κ2) is 7.11. The Bertz CT molecular complexity index is 563. The van der Waals surface area contributed by atoms with Crippen LogP contribution in [0.1, 0.15) is 51.1 Å². The van der Waals surface area contributed by atoms with Gasteiger partial charge >= 0.3 is 5.97 Å². The van der Waals surface area contributed by atoms with Gasteiger partial charge in [-0.2, -0.15) is 0 Å². The number of aliphatic carboxylic acids is 1. The summed E-state index contributed by atoms with van der Waals surface area (Å²) in [6.07, 6.45) is 4.53. The molecule has 1 unspecified atom stereocenters. The minimum atomic E-state index is -0.803. The lowest BCUT2D eigenvalue weighted by atomic mass is 9.96.